The molecule has 0 radical (unpaired) electrons. The first kappa shape index (κ1) is 18.9. The van der Waals surface area contributed by atoms with Crippen molar-refractivity contribution in [2.45, 2.75) is 11.3 Å². The smallest absolute Gasteiger partial charge is 0.332 e. The van der Waals surface area contributed by atoms with Crippen LogP contribution in [0.4, 0.5) is 23.7 Å². The summed E-state index contributed by atoms with van der Waals surface area (Å²) in [5, 5.41) is 2.53. The molecule has 10 heteroatoms. The van der Waals surface area contributed by atoms with Crippen molar-refractivity contribution in [1.29, 1.82) is 0 Å². The van der Waals surface area contributed by atoms with Gasteiger partial charge in [-0.2, -0.15) is 0 Å². The zero-order valence-corrected chi connectivity index (χ0v) is 14.6. The lowest BCUT2D eigenvalue weighted by Crippen LogP contribution is -2.38. The molecular weight excluding hydrogens is 383 g/mol. The van der Waals surface area contributed by atoms with Crippen LogP contribution in [-0.2, 0) is 11.2 Å². The van der Waals surface area contributed by atoms with Crippen molar-refractivity contribution in [1.82, 2.24) is 4.31 Å². The number of ether oxygens (including phenoxy) is 1. The second-order valence-corrected chi connectivity index (χ2v) is 6.69. The van der Waals surface area contributed by atoms with Crippen LogP contribution in [-0.4, -0.2) is 29.4 Å². The van der Waals surface area contributed by atoms with Crippen molar-refractivity contribution in [3.63, 3.8) is 0 Å². The number of amides is 3. The minimum Gasteiger partial charge on any atom is -0.493 e. The minimum atomic E-state index is -0.623. The number of halogens is 3. The molecule has 2 aliphatic rings. The number of rotatable bonds is 2. The number of urea groups is 1. The van der Waals surface area contributed by atoms with Gasteiger partial charge in [0.2, 0.25) is 5.91 Å². The molecule has 0 aromatic heterocycles. The Morgan fingerprint density at radius 1 is 1.22 bits per heavy atom. The summed E-state index contributed by atoms with van der Waals surface area (Å²) in [6.07, 6.45) is 0.543. The highest BCUT2D eigenvalue weighted by molar-refractivity contribution is 7.97. The molecule has 2 aromatic carbocycles. The van der Waals surface area contributed by atoms with Gasteiger partial charge in [-0.1, -0.05) is 0 Å². The molecule has 3 N–H and O–H groups in total. The molecule has 0 bridgehead atoms. The highest BCUT2D eigenvalue weighted by atomic mass is 32.2. The third-order valence-electron chi connectivity index (χ3n) is 3.65. The quantitative estimate of drug-likeness (QED) is 0.763. The summed E-state index contributed by atoms with van der Waals surface area (Å²) in [7, 11) is 0. The molecule has 0 aliphatic carbocycles. The van der Waals surface area contributed by atoms with Gasteiger partial charge in [0.1, 0.15) is 29.7 Å². The van der Waals surface area contributed by atoms with Crippen molar-refractivity contribution in [2.75, 3.05) is 18.5 Å². The van der Waals surface area contributed by atoms with Crippen molar-refractivity contribution < 1.29 is 27.5 Å². The van der Waals surface area contributed by atoms with Crippen LogP contribution in [0.5, 0.6) is 5.75 Å². The zero-order chi connectivity index (χ0) is 19.6. The molecule has 2 aliphatic heterocycles. The Morgan fingerprint density at radius 3 is 2.74 bits per heavy atom. The van der Waals surface area contributed by atoms with Crippen LogP contribution in [0.3, 0.4) is 0 Å². The molecule has 3 amide bonds. The van der Waals surface area contributed by atoms with E-state index in [2.05, 4.69) is 5.32 Å². The maximum atomic E-state index is 12.9. The van der Waals surface area contributed by atoms with Crippen LogP contribution in [0.15, 0.2) is 35.2 Å². The Morgan fingerprint density at radius 2 is 2.00 bits per heavy atom. The summed E-state index contributed by atoms with van der Waals surface area (Å²) in [6.45, 7) is 0.238. The van der Waals surface area contributed by atoms with E-state index in [0.29, 0.717) is 34.9 Å². The van der Waals surface area contributed by atoms with Gasteiger partial charge < -0.3 is 15.8 Å². The number of hydrogen-bond donors (Lipinski definition) is 2. The highest BCUT2D eigenvalue weighted by Crippen LogP contribution is 2.35. The maximum Gasteiger partial charge on any atom is 0.332 e. The molecule has 2 aromatic rings. The fraction of sp³-hybridized carbons (Fsp3) is 0.176. The average molecular weight is 397 g/mol. The van der Waals surface area contributed by atoms with E-state index < -0.39 is 29.4 Å². The molecule has 0 unspecified atom stereocenters. The van der Waals surface area contributed by atoms with E-state index in [9.17, 15) is 22.8 Å². The van der Waals surface area contributed by atoms with E-state index in [-0.39, 0.29) is 6.54 Å². The third kappa shape index (κ3) is 4.45. The van der Waals surface area contributed by atoms with Gasteiger partial charge in [-0.15, -0.1) is 0 Å². The van der Waals surface area contributed by atoms with E-state index in [1.165, 1.54) is 24.3 Å². The standard InChI is InChI=1S/C9H8FN3O2S.C8H6F2O/c10-5-1-2-6-7(3-5)16-13(4-8(11)14)9(15)12-6;9-5-3-7(10)6-1-2-11-8(6)4-5/h1-3H,4H2,(H2,11,14)(H,12,15);3-4H,1-2H2. The number of fused-ring (bicyclic) bond motifs is 2. The summed E-state index contributed by atoms with van der Waals surface area (Å²) in [5.74, 6) is -1.76. The molecule has 0 atom stereocenters. The van der Waals surface area contributed by atoms with Crippen LogP contribution < -0.4 is 15.8 Å². The van der Waals surface area contributed by atoms with Crippen molar-refractivity contribution >= 4 is 29.6 Å². The molecule has 142 valence electrons. The monoisotopic (exact) mass is 397 g/mol. The summed E-state index contributed by atoms with van der Waals surface area (Å²) < 4.78 is 44.4. The molecular formula is C17H14F3N3O3S. The van der Waals surface area contributed by atoms with E-state index >= 15 is 0 Å². The molecule has 2 heterocycles. The first-order valence-electron chi connectivity index (χ1n) is 7.78. The van der Waals surface area contributed by atoms with Crippen molar-refractivity contribution in [2.24, 2.45) is 5.73 Å². The third-order valence-corrected chi connectivity index (χ3v) is 4.70. The number of anilines is 1. The van der Waals surface area contributed by atoms with Crippen LogP contribution in [0.1, 0.15) is 5.56 Å². The minimum absolute atomic E-state index is 0.216. The topological polar surface area (TPSA) is 84.7 Å². The predicted molar refractivity (Wildman–Crippen MR) is 92.7 cm³/mol. The number of carbonyl (C=O) groups is 2. The van der Waals surface area contributed by atoms with E-state index in [1.54, 1.807) is 0 Å². The number of carbonyl (C=O) groups excluding carboxylic acids is 2. The average Bonchev–Trinajstić information content (AvgIpc) is 3.05. The first-order valence-corrected chi connectivity index (χ1v) is 8.56. The van der Waals surface area contributed by atoms with Crippen LogP contribution >= 0.6 is 11.9 Å². The number of hydrogen-bond acceptors (Lipinski definition) is 4. The first-order chi connectivity index (χ1) is 12.8. The van der Waals surface area contributed by atoms with Gasteiger partial charge >= 0.3 is 6.03 Å². The number of nitrogens with two attached hydrogens (primary N) is 1. The fourth-order valence-electron chi connectivity index (χ4n) is 2.47. The molecule has 0 fully saturated rings. The second-order valence-electron chi connectivity index (χ2n) is 5.63. The van der Waals surface area contributed by atoms with Gasteiger partial charge in [-0.05, 0) is 30.1 Å². The molecule has 0 spiro atoms. The van der Waals surface area contributed by atoms with Crippen molar-refractivity contribution in [3.8, 4) is 5.75 Å². The Bertz CT molecular complexity index is 910. The summed E-state index contributed by atoms with van der Waals surface area (Å²) in [4.78, 5) is 22.7. The SMILES string of the molecule is Fc1cc(F)c2c(c1)OCC2.NC(=O)CN1Sc2cc(F)ccc2NC1=O. The largest absolute Gasteiger partial charge is 0.493 e. The Labute approximate surface area is 156 Å². The maximum absolute atomic E-state index is 12.9. The van der Waals surface area contributed by atoms with E-state index in [1.807, 2.05) is 0 Å². The number of nitrogens with one attached hydrogen (secondary N) is 1. The zero-order valence-electron chi connectivity index (χ0n) is 13.8. The lowest BCUT2D eigenvalue weighted by molar-refractivity contribution is -0.117. The van der Waals surface area contributed by atoms with Crippen LogP contribution in [0.2, 0.25) is 0 Å². The molecule has 27 heavy (non-hydrogen) atoms. The van der Waals surface area contributed by atoms with Crippen LogP contribution in [0, 0.1) is 17.5 Å². The van der Waals surface area contributed by atoms with E-state index in [4.69, 9.17) is 10.5 Å². The van der Waals surface area contributed by atoms with Gasteiger partial charge in [-0.3, -0.25) is 9.10 Å². The molecule has 6 nitrogen and oxygen atoms in total. The number of primary amides is 1. The van der Waals surface area contributed by atoms with Gasteiger partial charge in [0.25, 0.3) is 0 Å². The summed E-state index contributed by atoms with van der Waals surface area (Å²) >= 11 is 0.988. The normalized spacial score (nSPS) is 14.3. The lowest BCUT2D eigenvalue weighted by Gasteiger charge is -2.26. The fourth-order valence-corrected chi connectivity index (χ4v) is 3.41. The Kier molecular flexibility index (Phi) is 5.45. The van der Waals surface area contributed by atoms with Crippen LogP contribution in [0.25, 0.3) is 0 Å². The molecule has 4 rings (SSSR count). The van der Waals surface area contributed by atoms with Gasteiger partial charge in [-0.25, -0.2) is 18.0 Å². The number of nitrogens with zero attached hydrogens (tertiary/aromatic N) is 1. The summed E-state index contributed by atoms with van der Waals surface area (Å²) in [6, 6.07) is 5.66. The van der Waals surface area contributed by atoms with Gasteiger partial charge in [0.15, 0.2) is 0 Å². The van der Waals surface area contributed by atoms with Crippen molar-refractivity contribution in [3.05, 3.63) is 53.3 Å². The van der Waals surface area contributed by atoms with Gasteiger partial charge in [0.05, 0.1) is 17.2 Å². The van der Waals surface area contributed by atoms with E-state index in [0.717, 1.165) is 22.3 Å². The summed E-state index contributed by atoms with van der Waals surface area (Å²) in [5.41, 5.74) is 6.00. The molecule has 0 saturated heterocycles. The van der Waals surface area contributed by atoms with Gasteiger partial charge in [0, 0.05) is 24.1 Å². The highest BCUT2D eigenvalue weighted by Gasteiger charge is 2.25. The number of benzene rings is 2. The predicted octanol–water partition coefficient (Wildman–Crippen LogP) is 3.07. The lowest BCUT2D eigenvalue weighted by atomic mass is 10.1. The Balaban J connectivity index is 0.000000166. The second kappa shape index (κ2) is 7.78. The Hall–Kier alpha value is -2.88. The molecule has 0 saturated carbocycles.